The quantitative estimate of drug-likeness (QED) is 0.471. The molecule has 8 atom stereocenters. The van der Waals surface area contributed by atoms with E-state index in [9.17, 15) is 4.79 Å². The number of carbonyl (C=O) groups is 1. The number of carbonyl (C=O) groups excluding carboxylic acids is 1. The second-order valence-corrected chi connectivity index (χ2v) is 13.0. The number of rotatable bonds is 3. The molecule has 35 heavy (non-hydrogen) atoms. The predicted molar refractivity (Wildman–Crippen MR) is 135 cm³/mol. The second-order valence-electron chi connectivity index (χ2n) is 12.6. The zero-order valence-corrected chi connectivity index (χ0v) is 22.7. The van der Waals surface area contributed by atoms with Gasteiger partial charge in [-0.3, -0.25) is 4.79 Å². The molecule has 7 nitrogen and oxygen atoms in total. The summed E-state index contributed by atoms with van der Waals surface area (Å²) >= 11 is 5.64. The third-order valence-electron chi connectivity index (χ3n) is 9.15. The van der Waals surface area contributed by atoms with Gasteiger partial charge in [0, 0.05) is 30.1 Å². The maximum absolute atomic E-state index is 14.2. The molecule has 0 unspecified atom stereocenters. The Bertz CT molecular complexity index is 1050. The lowest BCUT2D eigenvalue weighted by molar-refractivity contribution is -0.298. The van der Waals surface area contributed by atoms with Crippen molar-refractivity contribution in [1.82, 2.24) is 9.97 Å². The number of imidazole rings is 1. The fraction of sp³-hybridized carbons (Fsp3) is 0.741. The van der Waals surface area contributed by atoms with Gasteiger partial charge in [0.25, 0.3) is 0 Å². The molecule has 2 aliphatic carbocycles. The molecule has 0 bridgehead atoms. The lowest BCUT2D eigenvalue weighted by Crippen LogP contribution is -2.77. The number of H-pyrrole nitrogens is 1. The molecule has 2 saturated carbocycles. The van der Waals surface area contributed by atoms with Crippen LogP contribution in [0.25, 0.3) is 0 Å². The maximum atomic E-state index is 14.2. The largest absolute Gasteiger partial charge is 0.477 e. The Labute approximate surface area is 213 Å². The molecule has 4 aliphatic rings. The van der Waals surface area contributed by atoms with Crippen molar-refractivity contribution < 1.29 is 23.7 Å². The molecule has 0 amide bonds. The van der Waals surface area contributed by atoms with Crippen LogP contribution in [-0.4, -0.2) is 56.1 Å². The van der Waals surface area contributed by atoms with E-state index in [1.54, 1.807) is 18.5 Å². The Morgan fingerprint density at radius 3 is 2.57 bits per heavy atom. The number of ketones is 1. The van der Waals surface area contributed by atoms with Gasteiger partial charge in [-0.1, -0.05) is 26.8 Å². The highest BCUT2D eigenvalue weighted by Crippen LogP contribution is 2.68. The molecular formula is C27H38N2O5S. The molecule has 1 aromatic heterocycles. The van der Waals surface area contributed by atoms with E-state index in [2.05, 4.69) is 37.3 Å². The van der Waals surface area contributed by atoms with E-state index >= 15 is 0 Å². The molecule has 1 aromatic rings. The van der Waals surface area contributed by atoms with E-state index in [1.807, 2.05) is 27.7 Å². The summed E-state index contributed by atoms with van der Waals surface area (Å²) in [4.78, 5) is 21.5. The van der Waals surface area contributed by atoms with Crippen LogP contribution in [0.4, 0.5) is 0 Å². The monoisotopic (exact) mass is 502 g/mol. The lowest BCUT2D eigenvalue weighted by atomic mass is 9.41. The van der Waals surface area contributed by atoms with Crippen LogP contribution in [0.2, 0.25) is 0 Å². The molecule has 2 aliphatic heterocycles. The summed E-state index contributed by atoms with van der Waals surface area (Å²) in [5, 5.41) is 0.313. The highest BCUT2D eigenvalue weighted by Gasteiger charge is 2.76. The molecule has 8 heteroatoms. The van der Waals surface area contributed by atoms with Crippen LogP contribution in [0, 0.1) is 22.7 Å². The van der Waals surface area contributed by atoms with Crippen molar-refractivity contribution in [3.05, 3.63) is 30.9 Å². The number of thiocarbonyl (C=S) groups is 1. The van der Waals surface area contributed by atoms with Crippen LogP contribution < -0.4 is 0 Å². The van der Waals surface area contributed by atoms with Gasteiger partial charge in [-0.05, 0) is 58.2 Å². The summed E-state index contributed by atoms with van der Waals surface area (Å²) in [6.45, 7) is 18.5. The average molecular weight is 503 g/mol. The Morgan fingerprint density at radius 1 is 1.23 bits per heavy atom. The molecule has 0 radical (unpaired) electrons. The van der Waals surface area contributed by atoms with Crippen molar-refractivity contribution in [3.8, 4) is 0 Å². The summed E-state index contributed by atoms with van der Waals surface area (Å²) in [5.41, 5.74) is -2.44. The van der Waals surface area contributed by atoms with Gasteiger partial charge in [0.15, 0.2) is 11.6 Å². The van der Waals surface area contributed by atoms with Crippen LogP contribution in [0.5, 0.6) is 0 Å². The van der Waals surface area contributed by atoms with Gasteiger partial charge in [-0.25, -0.2) is 4.98 Å². The Kier molecular flexibility index (Phi) is 5.51. The smallest absolute Gasteiger partial charge is 0.228 e. The summed E-state index contributed by atoms with van der Waals surface area (Å²) in [5.74, 6) is -0.603. The van der Waals surface area contributed by atoms with Crippen molar-refractivity contribution in [2.75, 3.05) is 0 Å². The number of hydrogen-bond donors (Lipinski definition) is 1. The minimum atomic E-state index is -0.927. The van der Waals surface area contributed by atoms with Gasteiger partial charge in [0.05, 0.1) is 17.6 Å². The van der Waals surface area contributed by atoms with E-state index < -0.39 is 34.4 Å². The van der Waals surface area contributed by atoms with Crippen LogP contribution >= 0.6 is 12.2 Å². The summed E-state index contributed by atoms with van der Waals surface area (Å²) in [6, 6.07) is 0. The van der Waals surface area contributed by atoms with Crippen molar-refractivity contribution >= 4 is 23.1 Å². The summed E-state index contributed by atoms with van der Waals surface area (Å²) in [7, 11) is 0. The van der Waals surface area contributed by atoms with Gasteiger partial charge >= 0.3 is 0 Å². The fourth-order valence-electron chi connectivity index (χ4n) is 8.07. The highest BCUT2D eigenvalue weighted by atomic mass is 32.1. The number of fused-ring (bicyclic) bond motifs is 6. The van der Waals surface area contributed by atoms with E-state index in [0.29, 0.717) is 10.9 Å². The first kappa shape index (κ1) is 25.1. The van der Waals surface area contributed by atoms with Crippen molar-refractivity contribution in [2.24, 2.45) is 22.7 Å². The number of aromatic nitrogens is 2. The van der Waals surface area contributed by atoms with Crippen LogP contribution in [0.15, 0.2) is 25.0 Å². The molecule has 192 valence electrons. The first-order valence-electron chi connectivity index (χ1n) is 12.6. The summed E-state index contributed by atoms with van der Waals surface area (Å²) < 4.78 is 26.6. The Morgan fingerprint density at radius 2 is 1.94 bits per heavy atom. The minimum absolute atomic E-state index is 0.0151. The SMILES string of the molecule is C=C[C@@]1(C)CC(=O)[C@H]2[C@](C)(O1)[C@H]1OC(C)(C)O[C@H]1[C@H]1C(C)(C)CC[C@@H](OC(=S)c3ncc[nH]3)[C@@]12C. The van der Waals surface area contributed by atoms with Crippen LogP contribution in [0.1, 0.15) is 73.6 Å². The topological polar surface area (TPSA) is 82.7 Å². The Balaban J connectivity index is 1.67. The number of aromatic amines is 1. The van der Waals surface area contributed by atoms with Gasteiger partial charge in [0.1, 0.15) is 23.6 Å². The maximum Gasteiger partial charge on any atom is 0.228 e. The molecule has 3 heterocycles. The number of hydrogen-bond acceptors (Lipinski definition) is 7. The molecule has 0 aromatic carbocycles. The highest BCUT2D eigenvalue weighted by molar-refractivity contribution is 7.80. The van der Waals surface area contributed by atoms with Crippen molar-refractivity contribution in [1.29, 1.82) is 0 Å². The molecule has 2 saturated heterocycles. The summed E-state index contributed by atoms with van der Waals surface area (Å²) in [6.07, 6.45) is 6.07. The van der Waals surface area contributed by atoms with E-state index in [4.69, 9.17) is 31.2 Å². The number of nitrogens with one attached hydrogen (secondary N) is 1. The standard InChI is InChI=1S/C27H38N2O5S/c1-9-25(6)14-15(30)18-26(7)16(31-22(35)21-28-12-13-29-21)10-11-23(2,3)19(26)17-20(27(18,8)34-25)33-24(4,5)32-17/h9,12-13,16-20H,1,10-11,14H2,2-8H3,(H,28,29)/t16-,17+,18-,19+,20+,25+,26-,27+/m1/s1. The zero-order chi connectivity index (χ0) is 25.6. The zero-order valence-electron chi connectivity index (χ0n) is 21.8. The fourth-order valence-corrected chi connectivity index (χ4v) is 8.29. The average Bonchev–Trinajstić information content (AvgIpc) is 3.37. The first-order valence-corrected chi connectivity index (χ1v) is 13.0. The van der Waals surface area contributed by atoms with E-state index in [0.717, 1.165) is 12.8 Å². The first-order chi connectivity index (χ1) is 16.2. The van der Waals surface area contributed by atoms with Crippen LogP contribution in [0.3, 0.4) is 0 Å². The predicted octanol–water partition coefficient (Wildman–Crippen LogP) is 4.76. The van der Waals surface area contributed by atoms with Gasteiger partial charge in [0.2, 0.25) is 5.05 Å². The third kappa shape index (κ3) is 3.58. The van der Waals surface area contributed by atoms with Gasteiger partial charge in [-0.2, -0.15) is 0 Å². The third-order valence-corrected chi connectivity index (χ3v) is 9.44. The number of nitrogens with zero attached hydrogens (tertiary/aromatic N) is 1. The van der Waals surface area contributed by atoms with E-state index in [1.165, 1.54) is 0 Å². The van der Waals surface area contributed by atoms with Gasteiger partial charge < -0.3 is 23.9 Å². The molecular weight excluding hydrogens is 464 g/mol. The molecule has 1 N–H and O–H groups in total. The molecule has 5 rings (SSSR count). The molecule has 4 fully saturated rings. The van der Waals surface area contributed by atoms with Gasteiger partial charge in [-0.15, -0.1) is 6.58 Å². The Hall–Kier alpha value is -1.61. The van der Waals surface area contributed by atoms with Crippen molar-refractivity contribution in [2.45, 2.75) is 103 Å². The lowest BCUT2D eigenvalue weighted by Gasteiger charge is -2.67. The molecule has 0 spiro atoms. The van der Waals surface area contributed by atoms with Crippen LogP contribution in [-0.2, 0) is 23.7 Å². The normalized spacial score (nSPS) is 45.7. The van der Waals surface area contributed by atoms with Crippen molar-refractivity contribution in [3.63, 3.8) is 0 Å². The van der Waals surface area contributed by atoms with E-state index in [-0.39, 0.29) is 35.7 Å². The number of Topliss-reactive ketones (excluding diaryl/α,β-unsaturated/α-hetero) is 1. The minimum Gasteiger partial charge on any atom is -0.477 e. The number of ether oxygens (including phenoxy) is 4. The second kappa shape index (κ2) is 7.70.